The number of hydrogen-bond donors (Lipinski definition) is 0. The predicted octanol–water partition coefficient (Wildman–Crippen LogP) is 1.45. The number of esters is 1. The molecule has 0 saturated carbocycles. The van der Waals surface area contributed by atoms with E-state index in [1.54, 1.807) is 9.80 Å². The van der Waals surface area contributed by atoms with Crippen molar-refractivity contribution >= 4 is 29.1 Å². The molecule has 0 N–H and O–H groups in total. The second kappa shape index (κ2) is 7.79. The molecule has 3 rings (SSSR count). The Labute approximate surface area is 145 Å². The van der Waals surface area contributed by atoms with Crippen molar-refractivity contribution in [1.29, 1.82) is 0 Å². The molecule has 2 fully saturated rings. The molecule has 0 aliphatic carbocycles. The zero-order chi connectivity index (χ0) is 16.9. The molecule has 3 heterocycles. The summed E-state index contributed by atoms with van der Waals surface area (Å²) >= 11 is 1.53. The molecule has 0 bridgehead atoms. The molecule has 1 atom stereocenters. The van der Waals surface area contributed by atoms with Crippen LogP contribution in [0.3, 0.4) is 0 Å². The van der Waals surface area contributed by atoms with Crippen LogP contribution in [0.15, 0.2) is 17.5 Å². The normalized spacial score (nSPS) is 20.4. The Balaban J connectivity index is 1.51. The van der Waals surface area contributed by atoms with Crippen molar-refractivity contribution in [2.45, 2.75) is 38.1 Å². The fraction of sp³-hybridized carbons (Fsp3) is 0.588. The highest BCUT2D eigenvalue weighted by Crippen LogP contribution is 2.21. The van der Waals surface area contributed by atoms with E-state index in [9.17, 15) is 14.4 Å². The minimum Gasteiger partial charge on any atom is -0.454 e. The highest BCUT2D eigenvalue weighted by atomic mass is 32.1. The number of rotatable bonds is 5. The number of ether oxygens (including phenoxy) is 1. The first-order valence-electron chi connectivity index (χ1n) is 8.41. The molecule has 130 valence electrons. The highest BCUT2D eigenvalue weighted by Gasteiger charge is 2.35. The van der Waals surface area contributed by atoms with Gasteiger partial charge in [-0.1, -0.05) is 6.07 Å². The van der Waals surface area contributed by atoms with Gasteiger partial charge in [0.25, 0.3) is 5.91 Å². The van der Waals surface area contributed by atoms with E-state index in [1.807, 2.05) is 17.5 Å². The topological polar surface area (TPSA) is 66.9 Å². The van der Waals surface area contributed by atoms with Crippen LogP contribution in [0.4, 0.5) is 0 Å². The monoisotopic (exact) mass is 350 g/mol. The van der Waals surface area contributed by atoms with Crippen molar-refractivity contribution < 1.29 is 19.1 Å². The van der Waals surface area contributed by atoms with Crippen LogP contribution < -0.4 is 0 Å². The van der Waals surface area contributed by atoms with E-state index >= 15 is 0 Å². The largest absolute Gasteiger partial charge is 0.454 e. The first-order chi connectivity index (χ1) is 11.6. The van der Waals surface area contributed by atoms with Gasteiger partial charge in [0, 0.05) is 24.5 Å². The molecule has 2 aliphatic rings. The average molecular weight is 350 g/mol. The number of carbonyl (C=O) groups is 3. The Hall–Kier alpha value is -1.89. The van der Waals surface area contributed by atoms with Gasteiger partial charge in [-0.15, -0.1) is 11.3 Å². The molecule has 7 heteroatoms. The van der Waals surface area contributed by atoms with E-state index in [0.717, 1.165) is 37.2 Å². The van der Waals surface area contributed by atoms with Crippen molar-refractivity contribution in [3.63, 3.8) is 0 Å². The third-order valence-electron chi connectivity index (χ3n) is 4.55. The standard InChI is InChI=1S/C17H22N2O4S/c20-15(11-13-5-4-10-24-13)19-9-3-6-14(19)17(22)23-12-16(21)18-7-1-2-8-18/h4-5,10,14H,1-3,6-9,11-12H2. The lowest BCUT2D eigenvalue weighted by molar-refractivity contribution is -0.157. The molecule has 2 aliphatic heterocycles. The molecule has 0 aromatic carbocycles. The minimum absolute atomic E-state index is 0.0530. The van der Waals surface area contributed by atoms with Crippen molar-refractivity contribution in [2.24, 2.45) is 0 Å². The van der Waals surface area contributed by atoms with E-state index in [4.69, 9.17) is 4.74 Å². The van der Waals surface area contributed by atoms with Gasteiger partial charge in [0.1, 0.15) is 6.04 Å². The molecule has 1 aromatic rings. The highest BCUT2D eigenvalue weighted by molar-refractivity contribution is 7.10. The second-order valence-corrected chi connectivity index (χ2v) is 7.23. The average Bonchev–Trinajstić information content (AvgIpc) is 3.33. The molecule has 0 spiro atoms. The third kappa shape index (κ3) is 3.95. The van der Waals surface area contributed by atoms with Crippen LogP contribution in [0, 0.1) is 0 Å². The molecule has 0 radical (unpaired) electrons. The van der Waals surface area contributed by atoms with E-state index in [0.29, 0.717) is 19.4 Å². The molecular formula is C17H22N2O4S. The Morgan fingerprint density at radius 1 is 1.12 bits per heavy atom. The van der Waals surface area contributed by atoms with Crippen LogP contribution >= 0.6 is 11.3 Å². The number of carbonyl (C=O) groups excluding carboxylic acids is 3. The van der Waals surface area contributed by atoms with Gasteiger partial charge in [-0.05, 0) is 37.1 Å². The van der Waals surface area contributed by atoms with Gasteiger partial charge < -0.3 is 14.5 Å². The summed E-state index contributed by atoms with van der Waals surface area (Å²) in [5.74, 6) is -0.655. The summed E-state index contributed by atoms with van der Waals surface area (Å²) in [5, 5.41) is 1.93. The maximum Gasteiger partial charge on any atom is 0.329 e. The molecular weight excluding hydrogens is 328 g/mol. The quantitative estimate of drug-likeness (QED) is 0.754. The van der Waals surface area contributed by atoms with Crippen LogP contribution in [-0.2, 0) is 25.5 Å². The van der Waals surface area contributed by atoms with E-state index in [1.165, 1.54) is 11.3 Å². The summed E-state index contributed by atoms with van der Waals surface area (Å²) in [6, 6.07) is 3.28. The molecule has 2 saturated heterocycles. The fourth-order valence-electron chi connectivity index (χ4n) is 3.26. The SMILES string of the molecule is O=C(OCC(=O)N1CCCC1)C1CCCN1C(=O)Cc1cccs1. The lowest BCUT2D eigenvalue weighted by atomic mass is 10.2. The summed E-state index contributed by atoms with van der Waals surface area (Å²) in [6.45, 7) is 1.84. The lowest BCUT2D eigenvalue weighted by Crippen LogP contribution is -2.43. The Kier molecular flexibility index (Phi) is 5.50. The summed E-state index contributed by atoms with van der Waals surface area (Å²) < 4.78 is 5.19. The van der Waals surface area contributed by atoms with Gasteiger partial charge in [-0.2, -0.15) is 0 Å². The van der Waals surface area contributed by atoms with Crippen molar-refractivity contribution in [1.82, 2.24) is 9.80 Å². The molecule has 1 unspecified atom stereocenters. The maximum absolute atomic E-state index is 12.4. The smallest absolute Gasteiger partial charge is 0.329 e. The van der Waals surface area contributed by atoms with Gasteiger partial charge in [0.05, 0.1) is 6.42 Å². The van der Waals surface area contributed by atoms with Gasteiger partial charge in [-0.3, -0.25) is 9.59 Å². The number of amides is 2. The first-order valence-corrected chi connectivity index (χ1v) is 9.29. The summed E-state index contributed by atoms with van der Waals surface area (Å²) in [7, 11) is 0. The van der Waals surface area contributed by atoms with Crippen LogP contribution in [-0.4, -0.2) is 59.9 Å². The number of thiophene rings is 1. The van der Waals surface area contributed by atoms with Gasteiger partial charge in [-0.25, -0.2) is 4.79 Å². The molecule has 6 nitrogen and oxygen atoms in total. The molecule has 24 heavy (non-hydrogen) atoms. The zero-order valence-electron chi connectivity index (χ0n) is 13.6. The van der Waals surface area contributed by atoms with Crippen molar-refractivity contribution in [3.8, 4) is 0 Å². The fourth-order valence-corrected chi connectivity index (χ4v) is 3.96. The van der Waals surface area contributed by atoms with Crippen LogP contribution in [0.1, 0.15) is 30.6 Å². The number of likely N-dealkylation sites (tertiary alicyclic amines) is 2. The van der Waals surface area contributed by atoms with Crippen LogP contribution in [0.2, 0.25) is 0 Å². The van der Waals surface area contributed by atoms with Crippen molar-refractivity contribution in [2.75, 3.05) is 26.2 Å². The first kappa shape index (κ1) is 17.0. The van der Waals surface area contributed by atoms with Gasteiger partial charge >= 0.3 is 5.97 Å². The second-order valence-electron chi connectivity index (χ2n) is 6.20. The lowest BCUT2D eigenvalue weighted by Gasteiger charge is -2.23. The minimum atomic E-state index is -0.552. The predicted molar refractivity (Wildman–Crippen MR) is 89.5 cm³/mol. The summed E-state index contributed by atoms with van der Waals surface area (Å²) in [4.78, 5) is 41.0. The van der Waals surface area contributed by atoms with Gasteiger partial charge in [0.15, 0.2) is 6.61 Å². The van der Waals surface area contributed by atoms with E-state index < -0.39 is 12.0 Å². The third-order valence-corrected chi connectivity index (χ3v) is 5.42. The van der Waals surface area contributed by atoms with Crippen molar-refractivity contribution in [3.05, 3.63) is 22.4 Å². The van der Waals surface area contributed by atoms with Gasteiger partial charge in [0.2, 0.25) is 5.91 Å². The van der Waals surface area contributed by atoms with E-state index in [2.05, 4.69) is 0 Å². The molecule has 2 amide bonds. The Morgan fingerprint density at radius 3 is 2.62 bits per heavy atom. The zero-order valence-corrected chi connectivity index (χ0v) is 14.4. The van der Waals surface area contributed by atoms with E-state index in [-0.39, 0.29) is 18.4 Å². The maximum atomic E-state index is 12.4. The summed E-state index contributed by atoms with van der Waals surface area (Å²) in [5.41, 5.74) is 0. The summed E-state index contributed by atoms with van der Waals surface area (Å²) in [6.07, 6.45) is 3.72. The van der Waals surface area contributed by atoms with Crippen LogP contribution in [0.25, 0.3) is 0 Å². The Morgan fingerprint density at radius 2 is 1.92 bits per heavy atom. The Bertz CT molecular complexity index is 596. The number of nitrogens with zero attached hydrogens (tertiary/aromatic N) is 2. The molecule has 1 aromatic heterocycles. The van der Waals surface area contributed by atoms with Crippen LogP contribution in [0.5, 0.6) is 0 Å². The number of hydrogen-bond acceptors (Lipinski definition) is 5.